The minimum atomic E-state index is -1.01. The van der Waals surface area contributed by atoms with E-state index < -0.39 is 35.2 Å². The minimum absolute atomic E-state index is 0.178. The highest BCUT2D eigenvalue weighted by Gasteiger charge is 2.46. The Morgan fingerprint density at radius 1 is 0.500 bits per heavy atom. The first-order chi connectivity index (χ1) is 16.2. The molecule has 4 rings (SSSR count). The predicted molar refractivity (Wildman–Crippen MR) is 119 cm³/mol. The summed E-state index contributed by atoms with van der Waals surface area (Å²) in [4.78, 5) is 79.2. The third kappa shape index (κ3) is 3.79. The van der Waals surface area contributed by atoms with Crippen LogP contribution in [0.2, 0.25) is 0 Å². The molecule has 0 N–H and O–H groups in total. The zero-order valence-corrected chi connectivity index (χ0v) is 18.5. The Kier molecular flexibility index (Phi) is 5.89. The largest absolute Gasteiger partial charge is 0.301 e. The lowest BCUT2D eigenvalue weighted by atomic mass is 9.86. The van der Waals surface area contributed by atoms with Gasteiger partial charge in [-0.2, -0.15) is 0 Å². The first kappa shape index (κ1) is 22.7. The molecule has 0 unspecified atom stereocenters. The topological polar surface area (TPSA) is 109 Å². The smallest absolute Gasteiger partial charge is 0.283 e. The molecule has 8 heteroatoms. The summed E-state index contributed by atoms with van der Waals surface area (Å²) in [6, 6.07) is 17.2. The number of carbonyl (C=O) groups excluding carboxylic acids is 6. The van der Waals surface area contributed by atoms with E-state index in [2.05, 4.69) is 0 Å². The van der Waals surface area contributed by atoms with Crippen molar-refractivity contribution in [3.63, 3.8) is 0 Å². The molecule has 2 aliphatic rings. The summed E-state index contributed by atoms with van der Waals surface area (Å²) in [5, 5.41) is 0. The quantitative estimate of drug-likeness (QED) is 0.502. The van der Waals surface area contributed by atoms with E-state index in [1.54, 1.807) is 60.7 Å². The van der Waals surface area contributed by atoms with Crippen LogP contribution >= 0.6 is 0 Å². The molecule has 2 aromatic carbocycles. The van der Waals surface area contributed by atoms with Crippen molar-refractivity contribution in [1.29, 1.82) is 0 Å². The molecule has 2 heterocycles. The molecule has 0 aromatic heterocycles. The average molecular weight is 456 g/mol. The molecule has 0 atom stereocenters. The molecule has 0 aliphatic carbocycles. The van der Waals surface area contributed by atoms with Gasteiger partial charge in [0.1, 0.15) is 0 Å². The van der Waals surface area contributed by atoms with Crippen molar-refractivity contribution in [1.82, 2.24) is 9.80 Å². The van der Waals surface area contributed by atoms with Crippen LogP contribution in [0.15, 0.2) is 83.0 Å². The molecular formula is C26H20N2O6. The van der Waals surface area contributed by atoms with E-state index in [0.29, 0.717) is 11.1 Å². The summed E-state index contributed by atoms with van der Waals surface area (Å²) in [7, 11) is 0. The SMILES string of the molecule is CC1=C(C2=C(C)C(=O)C(=O)N(Cc3ccccc3)C2=O)C(=O)N(Cc2ccccc2)C(=O)C1=O. The number of benzene rings is 2. The maximum absolute atomic E-state index is 13.4. The molecule has 8 nitrogen and oxygen atoms in total. The maximum Gasteiger partial charge on any atom is 0.301 e. The predicted octanol–water partition coefficient (Wildman–Crippen LogP) is 1.90. The molecule has 170 valence electrons. The second-order valence-corrected chi connectivity index (χ2v) is 8.02. The lowest BCUT2D eigenvalue weighted by Gasteiger charge is -2.32. The van der Waals surface area contributed by atoms with Crippen LogP contribution < -0.4 is 0 Å². The Hall–Kier alpha value is -4.46. The number of hydrogen-bond donors (Lipinski definition) is 0. The standard InChI is InChI=1S/C26H20N2O6/c1-15-19(23(31)27(25(33)21(15)29)13-17-9-5-3-6-10-17)20-16(2)22(30)26(34)28(24(20)32)14-18-11-7-4-8-12-18/h3-12H,13-14H2,1-2H3. The molecule has 0 radical (unpaired) electrons. The lowest BCUT2D eigenvalue weighted by Crippen LogP contribution is -2.51. The van der Waals surface area contributed by atoms with Crippen LogP contribution in [-0.4, -0.2) is 45.0 Å². The van der Waals surface area contributed by atoms with Crippen molar-refractivity contribution in [2.24, 2.45) is 0 Å². The van der Waals surface area contributed by atoms with Crippen LogP contribution in [0.5, 0.6) is 0 Å². The second kappa shape index (κ2) is 8.82. The van der Waals surface area contributed by atoms with Crippen LogP contribution in [0, 0.1) is 0 Å². The summed E-state index contributed by atoms with van der Waals surface area (Å²) < 4.78 is 0. The highest BCUT2D eigenvalue weighted by atomic mass is 16.2. The van der Waals surface area contributed by atoms with Crippen LogP contribution in [0.1, 0.15) is 25.0 Å². The molecule has 2 aromatic rings. The van der Waals surface area contributed by atoms with E-state index >= 15 is 0 Å². The average Bonchev–Trinajstić information content (AvgIpc) is 2.85. The lowest BCUT2D eigenvalue weighted by molar-refractivity contribution is -0.152. The molecule has 0 bridgehead atoms. The number of hydrogen-bond acceptors (Lipinski definition) is 6. The van der Waals surface area contributed by atoms with Crippen molar-refractivity contribution >= 4 is 35.2 Å². The highest BCUT2D eigenvalue weighted by molar-refractivity contribution is 6.52. The molecule has 0 spiro atoms. The summed E-state index contributed by atoms with van der Waals surface area (Å²) in [6.45, 7) is 2.18. The van der Waals surface area contributed by atoms with Gasteiger partial charge in [-0.05, 0) is 25.0 Å². The number of imide groups is 2. The van der Waals surface area contributed by atoms with Crippen molar-refractivity contribution in [2.45, 2.75) is 26.9 Å². The third-order valence-electron chi connectivity index (χ3n) is 5.85. The molecule has 4 amide bonds. The molecule has 2 aliphatic heterocycles. The Bertz CT molecular complexity index is 1220. The van der Waals surface area contributed by atoms with Gasteiger partial charge in [-0.25, -0.2) is 0 Å². The second-order valence-electron chi connectivity index (χ2n) is 8.02. The summed E-state index contributed by atoms with van der Waals surface area (Å²) in [5.74, 6) is -5.65. The van der Waals surface area contributed by atoms with Crippen molar-refractivity contribution in [3.8, 4) is 0 Å². The van der Waals surface area contributed by atoms with Gasteiger partial charge in [-0.15, -0.1) is 0 Å². The number of amides is 4. The number of ketones is 2. The van der Waals surface area contributed by atoms with Crippen LogP contribution in [0.3, 0.4) is 0 Å². The number of carbonyl (C=O) groups is 6. The fourth-order valence-electron chi connectivity index (χ4n) is 3.98. The Morgan fingerprint density at radius 3 is 1.15 bits per heavy atom. The van der Waals surface area contributed by atoms with E-state index in [9.17, 15) is 28.8 Å². The molecule has 34 heavy (non-hydrogen) atoms. The van der Waals surface area contributed by atoms with Crippen molar-refractivity contribution in [2.75, 3.05) is 0 Å². The van der Waals surface area contributed by atoms with E-state index in [1.807, 2.05) is 0 Å². The Balaban J connectivity index is 1.78. The van der Waals surface area contributed by atoms with Gasteiger partial charge in [-0.3, -0.25) is 38.6 Å². The number of rotatable bonds is 5. The van der Waals surface area contributed by atoms with E-state index in [4.69, 9.17) is 0 Å². The summed E-state index contributed by atoms with van der Waals surface area (Å²) >= 11 is 0. The third-order valence-corrected chi connectivity index (χ3v) is 5.85. The van der Waals surface area contributed by atoms with Gasteiger partial charge < -0.3 is 0 Å². The van der Waals surface area contributed by atoms with Crippen LogP contribution in [0.4, 0.5) is 0 Å². The van der Waals surface area contributed by atoms with E-state index in [-0.39, 0.29) is 35.4 Å². The Labute approximate surface area is 195 Å². The minimum Gasteiger partial charge on any atom is -0.283 e. The van der Waals surface area contributed by atoms with Gasteiger partial charge in [0.2, 0.25) is 11.6 Å². The van der Waals surface area contributed by atoms with Crippen molar-refractivity contribution in [3.05, 3.63) is 94.1 Å². The van der Waals surface area contributed by atoms with Gasteiger partial charge in [0, 0.05) is 11.1 Å². The summed E-state index contributed by atoms with van der Waals surface area (Å²) in [6.07, 6.45) is 0. The van der Waals surface area contributed by atoms with Crippen molar-refractivity contribution < 1.29 is 28.8 Å². The fraction of sp³-hybridized carbons (Fsp3) is 0.154. The monoisotopic (exact) mass is 456 g/mol. The molecular weight excluding hydrogens is 436 g/mol. The van der Waals surface area contributed by atoms with Gasteiger partial charge >= 0.3 is 11.8 Å². The zero-order valence-electron chi connectivity index (χ0n) is 18.5. The highest BCUT2D eigenvalue weighted by Crippen LogP contribution is 2.32. The molecule has 0 saturated carbocycles. The van der Waals surface area contributed by atoms with E-state index in [0.717, 1.165) is 9.80 Å². The number of nitrogens with zero attached hydrogens (tertiary/aromatic N) is 2. The first-order valence-electron chi connectivity index (χ1n) is 10.5. The van der Waals surface area contributed by atoms with Gasteiger partial charge in [-0.1, -0.05) is 60.7 Å². The number of Topliss-reactive ketones (excluding diaryl/α,β-unsaturated/α-hetero) is 2. The first-order valence-corrected chi connectivity index (χ1v) is 10.5. The fourth-order valence-corrected chi connectivity index (χ4v) is 3.98. The van der Waals surface area contributed by atoms with Crippen LogP contribution in [-0.2, 0) is 41.9 Å². The molecule has 0 fully saturated rings. The summed E-state index contributed by atoms with van der Waals surface area (Å²) in [5.41, 5.74) is 0.0820. The van der Waals surface area contributed by atoms with E-state index in [1.165, 1.54) is 13.8 Å². The Morgan fingerprint density at radius 2 is 0.824 bits per heavy atom. The van der Waals surface area contributed by atoms with Gasteiger partial charge in [0.15, 0.2) is 0 Å². The van der Waals surface area contributed by atoms with Gasteiger partial charge in [0.05, 0.1) is 24.2 Å². The van der Waals surface area contributed by atoms with Gasteiger partial charge in [0.25, 0.3) is 11.8 Å². The normalized spacial score (nSPS) is 17.4. The maximum atomic E-state index is 13.4. The van der Waals surface area contributed by atoms with Crippen LogP contribution in [0.25, 0.3) is 0 Å². The molecule has 0 saturated heterocycles. The zero-order chi connectivity index (χ0) is 24.6.